The Kier molecular flexibility index (Phi) is 8.89. The first-order chi connectivity index (χ1) is 7.89. The third-order valence-corrected chi connectivity index (χ3v) is 3.29. The maximum atomic E-state index is 5.65. The van der Waals surface area contributed by atoms with Crippen molar-refractivity contribution in [1.29, 1.82) is 0 Å². The van der Waals surface area contributed by atoms with E-state index in [1.807, 2.05) is 0 Å². The van der Waals surface area contributed by atoms with Crippen LogP contribution in [0.1, 0.15) is 79.6 Å². The molecule has 0 aliphatic heterocycles. The number of unbranched alkanes of at least 4 members (excludes halogenated alkanes) is 3. The monoisotopic (exact) mass is 242 g/mol. The van der Waals surface area contributed by atoms with Gasteiger partial charge < -0.3 is 0 Å². The maximum Gasteiger partial charge on any atom is 0.0213 e. The number of hydrazine groups is 1. The molecule has 0 aromatic carbocycles. The molecule has 0 fully saturated rings. The zero-order valence-corrected chi connectivity index (χ0v) is 12.7. The molecule has 2 atom stereocenters. The fraction of sp³-hybridized carbons (Fsp3) is 1.00. The molecule has 0 spiro atoms. The van der Waals surface area contributed by atoms with Gasteiger partial charge in [-0.15, -0.1) is 0 Å². The Morgan fingerprint density at radius 3 is 2.24 bits per heavy atom. The van der Waals surface area contributed by atoms with Crippen molar-refractivity contribution in [3.63, 3.8) is 0 Å². The van der Waals surface area contributed by atoms with Crippen LogP contribution in [0.4, 0.5) is 0 Å². The minimum Gasteiger partial charge on any atom is -0.271 e. The molecule has 104 valence electrons. The average molecular weight is 242 g/mol. The van der Waals surface area contributed by atoms with E-state index in [0.29, 0.717) is 11.5 Å². The summed E-state index contributed by atoms with van der Waals surface area (Å²) in [6.45, 7) is 11.5. The molecule has 0 rings (SSSR count). The minimum absolute atomic E-state index is 0.431. The van der Waals surface area contributed by atoms with Crippen LogP contribution in [0.15, 0.2) is 0 Å². The molecule has 0 bridgehead atoms. The highest BCUT2D eigenvalue weighted by Crippen LogP contribution is 2.27. The number of hydrogen-bond acceptors (Lipinski definition) is 2. The van der Waals surface area contributed by atoms with Crippen LogP contribution in [-0.2, 0) is 0 Å². The lowest BCUT2D eigenvalue weighted by atomic mass is 9.82. The van der Waals surface area contributed by atoms with Crippen molar-refractivity contribution in [2.75, 3.05) is 0 Å². The largest absolute Gasteiger partial charge is 0.271 e. The Bertz CT molecular complexity index is 172. The Balaban J connectivity index is 3.79. The van der Waals surface area contributed by atoms with E-state index in [-0.39, 0.29) is 0 Å². The zero-order valence-electron chi connectivity index (χ0n) is 12.7. The van der Waals surface area contributed by atoms with Crippen LogP contribution in [0.3, 0.4) is 0 Å². The van der Waals surface area contributed by atoms with E-state index in [0.717, 1.165) is 5.92 Å². The van der Waals surface area contributed by atoms with E-state index >= 15 is 0 Å². The molecule has 0 aromatic heterocycles. The Labute approximate surface area is 109 Å². The molecule has 17 heavy (non-hydrogen) atoms. The van der Waals surface area contributed by atoms with Gasteiger partial charge in [-0.1, -0.05) is 60.3 Å². The van der Waals surface area contributed by atoms with Gasteiger partial charge in [-0.25, -0.2) is 0 Å². The van der Waals surface area contributed by atoms with E-state index in [2.05, 4.69) is 40.0 Å². The summed E-state index contributed by atoms with van der Waals surface area (Å²) in [6.07, 6.45) is 9.04. The predicted molar refractivity (Wildman–Crippen MR) is 77.7 cm³/mol. The molecule has 0 amide bonds. The SMILES string of the molecule is CCCCCCC(CC(C)CC(C)(C)C)NN. The van der Waals surface area contributed by atoms with Crippen molar-refractivity contribution in [2.45, 2.75) is 85.6 Å². The van der Waals surface area contributed by atoms with Crippen molar-refractivity contribution in [3.8, 4) is 0 Å². The summed E-state index contributed by atoms with van der Waals surface area (Å²) in [4.78, 5) is 0. The smallest absolute Gasteiger partial charge is 0.0213 e. The third kappa shape index (κ3) is 10.8. The molecule has 0 heterocycles. The number of hydrogen-bond donors (Lipinski definition) is 2. The van der Waals surface area contributed by atoms with Gasteiger partial charge in [-0.05, 0) is 30.6 Å². The molecule has 2 nitrogen and oxygen atoms in total. The van der Waals surface area contributed by atoms with Gasteiger partial charge in [0.15, 0.2) is 0 Å². The molecule has 3 N–H and O–H groups in total. The van der Waals surface area contributed by atoms with Crippen molar-refractivity contribution < 1.29 is 0 Å². The molecule has 2 heteroatoms. The summed E-state index contributed by atoms with van der Waals surface area (Å²) in [7, 11) is 0. The standard InChI is InChI=1S/C15H34N2/c1-6-7-8-9-10-14(17-16)11-13(2)12-15(3,4)5/h13-14,17H,6-12,16H2,1-5H3. The van der Waals surface area contributed by atoms with Gasteiger partial charge in [0.25, 0.3) is 0 Å². The van der Waals surface area contributed by atoms with Crippen LogP contribution in [0.2, 0.25) is 0 Å². The first-order valence-corrected chi connectivity index (χ1v) is 7.35. The lowest BCUT2D eigenvalue weighted by Crippen LogP contribution is -2.36. The molecule has 0 aromatic rings. The van der Waals surface area contributed by atoms with Crippen molar-refractivity contribution in [3.05, 3.63) is 0 Å². The van der Waals surface area contributed by atoms with E-state index in [1.165, 1.54) is 44.9 Å². The molecule has 2 unspecified atom stereocenters. The van der Waals surface area contributed by atoms with Gasteiger partial charge in [0, 0.05) is 6.04 Å². The second-order valence-corrected chi connectivity index (χ2v) is 6.82. The van der Waals surface area contributed by atoms with Crippen LogP contribution in [-0.4, -0.2) is 6.04 Å². The minimum atomic E-state index is 0.431. The Morgan fingerprint density at radius 1 is 1.12 bits per heavy atom. The first-order valence-electron chi connectivity index (χ1n) is 7.35. The zero-order chi connectivity index (χ0) is 13.3. The molecular weight excluding hydrogens is 208 g/mol. The van der Waals surface area contributed by atoms with E-state index in [1.54, 1.807) is 0 Å². The molecule has 0 aliphatic rings. The summed E-state index contributed by atoms with van der Waals surface area (Å²) >= 11 is 0. The summed E-state index contributed by atoms with van der Waals surface area (Å²) < 4.78 is 0. The molecule has 0 saturated carbocycles. The van der Waals surface area contributed by atoms with E-state index in [9.17, 15) is 0 Å². The van der Waals surface area contributed by atoms with E-state index in [4.69, 9.17) is 5.84 Å². The Hall–Kier alpha value is -0.0800. The second kappa shape index (κ2) is 8.93. The lowest BCUT2D eigenvalue weighted by molar-refractivity contribution is 0.269. The molecular formula is C15H34N2. The van der Waals surface area contributed by atoms with Crippen LogP contribution < -0.4 is 11.3 Å². The van der Waals surface area contributed by atoms with Crippen molar-refractivity contribution in [1.82, 2.24) is 5.43 Å². The van der Waals surface area contributed by atoms with Gasteiger partial charge in [0.1, 0.15) is 0 Å². The topological polar surface area (TPSA) is 38.0 Å². The van der Waals surface area contributed by atoms with Gasteiger partial charge >= 0.3 is 0 Å². The van der Waals surface area contributed by atoms with Gasteiger partial charge in [0.2, 0.25) is 0 Å². The average Bonchev–Trinajstić information content (AvgIpc) is 2.20. The highest BCUT2D eigenvalue weighted by Gasteiger charge is 2.18. The fourth-order valence-electron chi connectivity index (χ4n) is 2.70. The number of nitrogens with one attached hydrogen (secondary N) is 1. The molecule has 0 saturated heterocycles. The predicted octanol–water partition coefficient (Wildman–Crippen LogP) is 4.25. The summed E-state index contributed by atoms with van der Waals surface area (Å²) in [5.41, 5.74) is 3.43. The van der Waals surface area contributed by atoms with Crippen molar-refractivity contribution >= 4 is 0 Å². The second-order valence-electron chi connectivity index (χ2n) is 6.82. The number of rotatable bonds is 9. The van der Waals surface area contributed by atoms with Gasteiger partial charge in [-0.2, -0.15) is 0 Å². The van der Waals surface area contributed by atoms with E-state index < -0.39 is 0 Å². The summed E-state index contributed by atoms with van der Waals surface area (Å²) in [6, 6.07) is 0.504. The van der Waals surface area contributed by atoms with Crippen LogP contribution in [0.5, 0.6) is 0 Å². The highest BCUT2D eigenvalue weighted by molar-refractivity contribution is 4.72. The lowest BCUT2D eigenvalue weighted by Gasteiger charge is -2.26. The maximum absolute atomic E-state index is 5.65. The normalized spacial score (nSPS) is 15.9. The summed E-state index contributed by atoms with van der Waals surface area (Å²) in [5, 5.41) is 0. The first kappa shape index (κ1) is 16.9. The van der Waals surface area contributed by atoms with Crippen LogP contribution in [0.25, 0.3) is 0 Å². The summed E-state index contributed by atoms with van der Waals surface area (Å²) in [5.74, 6) is 6.40. The molecule has 0 aliphatic carbocycles. The fourth-order valence-corrected chi connectivity index (χ4v) is 2.70. The highest BCUT2D eigenvalue weighted by atomic mass is 15.2. The Morgan fingerprint density at radius 2 is 1.76 bits per heavy atom. The van der Waals surface area contributed by atoms with Crippen LogP contribution in [0, 0.1) is 11.3 Å². The quantitative estimate of drug-likeness (QED) is 0.360. The van der Waals surface area contributed by atoms with Gasteiger partial charge in [0.05, 0.1) is 0 Å². The molecule has 0 radical (unpaired) electrons. The van der Waals surface area contributed by atoms with Crippen LogP contribution >= 0.6 is 0 Å². The van der Waals surface area contributed by atoms with Crippen molar-refractivity contribution in [2.24, 2.45) is 17.2 Å². The number of nitrogens with two attached hydrogens (primary N) is 1. The third-order valence-electron chi connectivity index (χ3n) is 3.29. The van der Waals surface area contributed by atoms with Gasteiger partial charge in [-0.3, -0.25) is 11.3 Å².